The lowest BCUT2D eigenvalue weighted by Gasteiger charge is -2.07. The summed E-state index contributed by atoms with van der Waals surface area (Å²) in [6.45, 7) is 2.64. The quantitative estimate of drug-likeness (QED) is 0.465. The molecule has 0 bridgehead atoms. The molecule has 2 nitrogen and oxygen atoms in total. The second kappa shape index (κ2) is 7.65. The number of hydrogen-bond acceptors (Lipinski definition) is 2. The van der Waals surface area contributed by atoms with Gasteiger partial charge in [-0.2, -0.15) is 0 Å². The predicted molar refractivity (Wildman–Crippen MR) is 113 cm³/mol. The lowest BCUT2D eigenvalue weighted by molar-refractivity contribution is 0.764. The van der Waals surface area contributed by atoms with Crippen LogP contribution in [-0.2, 0) is 13.0 Å². The van der Waals surface area contributed by atoms with E-state index in [0.29, 0.717) is 13.0 Å². The number of thiophene rings is 1. The van der Waals surface area contributed by atoms with Crippen LogP contribution in [0.2, 0.25) is 0 Å². The van der Waals surface area contributed by atoms with Gasteiger partial charge in [-0.05, 0) is 29.7 Å². The third-order valence-corrected chi connectivity index (χ3v) is 5.66. The molecule has 2 heterocycles. The van der Waals surface area contributed by atoms with Crippen LogP contribution in [0.3, 0.4) is 0 Å². The average Bonchev–Trinajstić information content (AvgIpc) is 3.13. The first-order valence-electron chi connectivity index (χ1n) is 8.91. The fourth-order valence-corrected chi connectivity index (χ4v) is 4.13. The summed E-state index contributed by atoms with van der Waals surface area (Å²) >= 11 is 1.60. The van der Waals surface area contributed by atoms with Crippen molar-refractivity contribution >= 4 is 21.4 Å². The number of benzene rings is 2. The maximum atomic E-state index is 12.9. The molecule has 0 amide bonds. The molecule has 4 aromatic rings. The second-order valence-electron chi connectivity index (χ2n) is 6.55. The molecule has 132 valence electrons. The van der Waals surface area contributed by atoms with Crippen molar-refractivity contribution in [3.63, 3.8) is 0 Å². The Morgan fingerprint density at radius 2 is 1.63 bits per heavy atom. The predicted octanol–water partition coefficient (Wildman–Crippen LogP) is 5.01. The molecule has 27 heavy (non-hydrogen) atoms. The molecule has 0 saturated carbocycles. The number of fused-ring (bicyclic) bond motifs is 1. The van der Waals surface area contributed by atoms with Gasteiger partial charge in [-0.25, -0.2) is 0 Å². The van der Waals surface area contributed by atoms with Crippen LogP contribution in [-0.4, -0.2) is 4.57 Å². The highest BCUT2D eigenvalue weighted by Crippen LogP contribution is 2.25. The van der Waals surface area contributed by atoms with Gasteiger partial charge in [-0.3, -0.25) is 4.79 Å². The minimum atomic E-state index is 0.0480. The van der Waals surface area contributed by atoms with Gasteiger partial charge in [-0.15, -0.1) is 11.3 Å². The molecule has 0 aliphatic carbocycles. The van der Waals surface area contributed by atoms with E-state index in [1.807, 2.05) is 60.8 Å². The average molecular weight is 369 g/mol. The molecule has 2 aromatic heterocycles. The van der Waals surface area contributed by atoms with Gasteiger partial charge in [0, 0.05) is 17.3 Å². The van der Waals surface area contributed by atoms with Gasteiger partial charge < -0.3 is 4.57 Å². The highest BCUT2D eigenvalue weighted by Gasteiger charge is 2.10. The van der Waals surface area contributed by atoms with Gasteiger partial charge in [0.1, 0.15) is 0 Å². The number of nitrogens with zero attached hydrogens (tertiary/aromatic N) is 1. The SMILES string of the molecule is Cc1cn(Cc2ccccc2)c(=O)c2cc(C#CCc3ccccc3)sc12. The minimum Gasteiger partial charge on any atom is -0.310 e. The second-order valence-corrected chi connectivity index (χ2v) is 7.60. The van der Waals surface area contributed by atoms with E-state index in [-0.39, 0.29) is 5.56 Å². The third kappa shape index (κ3) is 3.86. The molecule has 0 fully saturated rings. The summed E-state index contributed by atoms with van der Waals surface area (Å²) < 4.78 is 2.83. The summed E-state index contributed by atoms with van der Waals surface area (Å²) in [6, 6.07) is 22.2. The zero-order chi connectivity index (χ0) is 18.6. The molecule has 2 aromatic carbocycles. The topological polar surface area (TPSA) is 22.0 Å². The molecular formula is C24H19NOS. The Morgan fingerprint density at radius 1 is 0.963 bits per heavy atom. The standard InChI is InChI=1S/C24H19NOS/c1-18-16-25(17-20-11-6-3-7-12-20)24(26)22-15-21(27-23(18)22)14-8-13-19-9-4-2-5-10-19/h2-7,9-12,15-16H,13,17H2,1H3. The monoisotopic (exact) mass is 369 g/mol. The van der Waals surface area contributed by atoms with Gasteiger partial charge >= 0.3 is 0 Å². The molecule has 3 heteroatoms. The minimum absolute atomic E-state index is 0.0480. The molecule has 0 N–H and O–H groups in total. The van der Waals surface area contributed by atoms with Crippen LogP contribution < -0.4 is 5.56 Å². The number of hydrogen-bond donors (Lipinski definition) is 0. The summed E-state index contributed by atoms with van der Waals surface area (Å²) in [7, 11) is 0. The number of aromatic nitrogens is 1. The van der Waals surface area contributed by atoms with E-state index in [9.17, 15) is 4.79 Å². The van der Waals surface area contributed by atoms with Crippen molar-refractivity contribution in [2.75, 3.05) is 0 Å². The highest BCUT2D eigenvalue weighted by atomic mass is 32.1. The Hall–Kier alpha value is -3.09. The van der Waals surface area contributed by atoms with Crippen molar-refractivity contribution in [3.8, 4) is 11.8 Å². The third-order valence-electron chi connectivity index (χ3n) is 4.47. The Kier molecular flexibility index (Phi) is 4.91. The first-order chi connectivity index (χ1) is 13.2. The number of pyridine rings is 1. The summed E-state index contributed by atoms with van der Waals surface area (Å²) in [5.41, 5.74) is 3.48. The summed E-state index contributed by atoms with van der Waals surface area (Å²) in [5, 5.41) is 0.764. The van der Waals surface area contributed by atoms with E-state index in [2.05, 4.69) is 30.9 Å². The largest absolute Gasteiger partial charge is 0.310 e. The van der Waals surface area contributed by atoms with Crippen LogP contribution in [0.4, 0.5) is 0 Å². The van der Waals surface area contributed by atoms with Crippen LogP contribution in [0.15, 0.2) is 77.7 Å². The van der Waals surface area contributed by atoms with E-state index >= 15 is 0 Å². The van der Waals surface area contributed by atoms with Crippen LogP contribution in [0.5, 0.6) is 0 Å². The van der Waals surface area contributed by atoms with Crippen LogP contribution >= 0.6 is 11.3 Å². The van der Waals surface area contributed by atoms with Gasteiger partial charge in [0.05, 0.1) is 16.8 Å². The highest BCUT2D eigenvalue weighted by molar-refractivity contribution is 7.19. The van der Waals surface area contributed by atoms with Crippen molar-refractivity contribution < 1.29 is 0 Å². The van der Waals surface area contributed by atoms with E-state index in [4.69, 9.17) is 0 Å². The normalized spacial score (nSPS) is 10.6. The van der Waals surface area contributed by atoms with Crippen LogP contribution in [0.1, 0.15) is 21.6 Å². The molecule has 0 aliphatic heterocycles. The van der Waals surface area contributed by atoms with Crippen LogP contribution in [0, 0.1) is 18.8 Å². The molecule has 0 saturated heterocycles. The molecule has 0 atom stereocenters. The number of rotatable bonds is 3. The van der Waals surface area contributed by atoms with Crippen molar-refractivity contribution in [2.45, 2.75) is 19.9 Å². The first-order valence-corrected chi connectivity index (χ1v) is 9.72. The lowest BCUT2D eigenvalue weighted by atomic mass is 10.1. The summed E-state index contributed by atoms with van der Waals surface area (Å²) in [4.78, 5) is 13.9. The lowest BCUT2D eigenvalue weighted by Crippen LogP contribution is -2.20. The maximum Gasteiger partial charge on any atom is 0.259 e. The van der Waals surface area contributed by atoms with Gasteiger partial charge in [0.15, 0.2) is 0 Å². The van der Waals surface area contributed by atoms with Gasteiger partial charge in [0.2, 0.25) is 0 Å². The maximum absolute atomic E-state index is 12.9. The fraction of sp³-hybridized carbons (Fsp3) is 0.125. The van der Waals surface area contributed by atoms with E-state index < -0.39 is 0 Å². The molecule has 0 radical (unpaired) electrons. The molecule has 4 rings (SSSR count). The Morgan fingerprint density at radius 3 is 2.33 bits per heavy atom. The van der Waals surface area contributed by atoms with Crippen molar-refractivity contribution in [1.82, 2.24) is 4.57 Å². The Balaban J connectivity index is 1.65. The first kappa shape index (κ1) is 17.3. The molecule has 0 unspecified atom stereocenters. The summed E-state index contributed by atoms with van der Waals surface area (Å²) in [5.74, 6) is 6.45. The smallest absolute Gasteiger partial charge is 0.259 e. The zero-order valence-electron chi connectivity index (χ0n) is 15.1. The summed E-state index contributed by atoms with van der Waals surface area (Å²) in [6.07, 6.45) is 2.67. The molecular weight excluding hydrogens is 350 g/mol. The van der Waals surface area contributed by atoms with Gasteiger partial charge in [0.25, 0.3) is 5.56 Å². The van der Waals surface area contributed by atoms with Crippen molar-refractivity contribution in [1.29, 1.82) is 0 Å². The van der Waals surface area contributed by atoms with E-state index in [0.717, 1.165) is 26.1 Å². The molecule has 0 aliphatic rings. The Bertz CT molecular complexity index is 1190. The Labute approximate surface area is 162 Å². The zero-order valence-corrected chi connectivity index (χ0v) is 15.9. The van der Waals surface area contributed by atoms with Crippen LogP contribution in [0.25, 0.3) is 10.1 Å². The molecule has 0 spiro atoms. The van der Waals surface area contributed by atoms with Crippen molar-refractivity contribution in [3.05, 3.63) is 105 Å². The fourth-order valence-electron chi connectivity index (χ4n) is 3.14. The van der Waals surface area contributed by atoms with E-state index in [1.165, 1.54) is 5.56 Å². The van der Waals surface area contributed by atoms with Gasteiger partial charge in [-0.1, -0.05) is 72.5 Å². The van der Waals surface area contributed by atoms with Crippen molar-refractivity contribution in [2.24, 2.45) is 0 Å². The number of aryl methyl sites for hydroxylation is 1. The van der Waals surface area contributed by atoms with E-state index in [1.54, 1.807) is 15.9 Å².